The molecule has 0 amide bonds. The lowest BCUT2D eigenvalue weighted by Crippen LogP contribution is -1.99. The summed E-state index contributed by atoms with van der Waals surface area (Å²) in [5.41, 5.74) is 2.30. The van der Waals surface area contributed by atoms with Crippen molar-refractivity contribution in [1.29, 1.82) is 0 Å². The quantitative estimate of drug-likeness (QED) is 0.511. The SMILES string of the molecule is O=[N+]([O-])c1ccc(N/N=C\c2ccccn2)c([N+](=O)[O-])c1. The van der Waals surface area contributed by atoms with E-state index < -0.39 is 15.5 Å². The van der Waals surface area contributed by atoms with E-state index in [1.165, 1.54) is 12.3 Å². The first-order valence-electron chi connectivity index (χ1n) is 5.71. The van der Waals surface area contributed by atoms with Gasteiger partial charge in [-0.2, -0.15) is 5.10 Å². The van der Waals surface area contributed by atoms with Crippen molar-refractivity contribution < 1.29 is 9.85 Å². The zero-order valence-corrected chi connectivity index (χ0v) is 10.5. The van der Waals surface area contributed by atoms with Crippen molar-refractivity contribution in [2.75, 3.05) is 5.43 Å². The van der Waals surface area contributed by atoms with E-state index >= 15 is 0 Å². The molecule has 0 spiro atoms. The van der Waals surface area contributed by atoms with Crippen LogP contribution in [0, 0.1) is 20.2 Å². The van der Waals surface area contributed by atoms with Crippen LogP contribution in [-0.4, -0.2) is 21.0 Å². The van der Waals surface area contributed by atoms with Crippen molar-refractivity contribution in [2.24, 2.45) is 5.10 Å². The van der Waals surface area contributed by atoms with Crippen molar-refractivity contribution in [2.45, 2.75) is 0 Å². The molecule has 0 fully saturated rings. The standard InChI is InChI=1S/C12H9N5O4/c18-16(19)10-4-5-11(12(7-10)17(20)21)15-14-8-9-3-1-2-6-13-9/h1-8,15H/b14-8-. The number of benzene rings is 1. The third-order valence-electron chi connectivity index (χ3n) is 2.46. The normalized spacial score (nSPS) is 10.5. The van der Waals surface area contributed by atoms with E-state index in [9.17, 15) is 20.2 Å². The molecule has 0 unspecified atom stereocenters. The predicted molar refractivity (Wildman–Crippen MR) is 75.2 cm³/mol. The summed E-state index contributed by atoms with van der Waals surface area (Å²) >= 11 is 0. The highest BCUT2D eigenvalue weighted by Crippen LogP contribution is 2.28. The van der Waals surface area contributed by atoms with Gasteiger partial charge in [0.2, 0.25) is 0 Å². The number of nitrogens with zero attached hydrogens (tertiary/aromatic N) is 4. The van der Waals surface area contributed by atoms with E-state index in [1.807, 2.05) is 0 Å². The molecule has 1 N–H and O–H groups in total. The summed E-state index contributed by atoms with van der Waals surface area (Å²) in [6.07, 6.45) is 2.96. The summed E-state index contributed by atoms with van der Waals surface area (Å²) in [7, 11) is 0. The van der Waals surface area contributed by atoms with E-state index in [4.69, 9.17) is 0 Å². The fourth-order valence-electron chi connectivity index (χ4n) is 1.50. The number of hydrazone groups is 1. The van der Waals surface area contributed by atoms with Gasteiger partial charge >= 0.3 is 5.69 Å². The molecule has 0 radical (unpaired) electrons. The summed E-state index contributed by atoms with van der Waals surface area (Å²) in [5, 5.41) is 25.3. The van der Waals surface area contributed by atoms with Gasteiger partial charge in [-0.15, -0.1) is 0 Å². The molecule has 0 saturated heterocycles. The lowest BCUT2D eigenvalue weighted by molar-refractivity contribution is -0.393. The van der Waals surface area contributed by atoms with Crippen LogP contribution in [-0.2, 0) is 0 Å². The molecule has 0 saturated carbocycles. The van der Waals surface area contributed by atoms with Crippen LogP contribution in [0.25, 0.3) is 0 Å². The van der Waals surface area contributed by atoms with Gasteiger partial charge in [-0.05, 0) is 18.2 Å². The summed E-state index contributed by atoms with van der Waals surface area (Å²) in [5.74, 6) is 0. The maximum absolute atomic E-state index is 10.9. The van der Waals surface area contributed by atoms with Gasteiger partial charge in [0.05, 0.1) is 27.8 Å². The van der Waals surface area contributed by atoms with Crippen molar-refractivity contribution in [3.8, 4) is 0 Å². The van der Waals surface area contributed by atoms with Crippen LogP contribution in [0.1, 0.15) is 5.69 Å². The monoisotopic (exact) mass is 287 g/mol. The van der Waals surface area contributed by atoms with Gasteiger partial charge in [-0.1, -0.05) is 6.07 Å². The van der Waals surface area contributed by atoms with Crippen LogP contribution in [0.4, 0.5) is 17.1 Å². The van der Waals surface area contributed by atoms with Gasteiger partial charge in [-0.25, -0.2) is 0 Å². The number of hydrogen-bond acceptors (Lipinski definition) is 7. The second kappa shape index (κ2) is 6.19. The van der Waals surface area contributed by atoms with Crippen LogP contribution in [0.2, 0.25) is 0 Å². The molecule has 1 aromatic carbocycles. The molecule has 9 heteroatoms. The Labute approximate surface area is 118 Å². The topological polar surface area (TPSA) is 124 Å². The van der Waals surface area contributed by atoms with Crippen molar-refractivity contribution in [3.05, 3.63) is 68.5 Å². The van der Waals surface area contributed by atoms with E-state index in [1.54, 1.807) is 24.4 Å². The highest BCUT2D eigenvalue weighted by molar-refractivity contribution is 5.78. The van der Waals surface area contributed by atoms with Gasteiger partial charge in [0.1, 0.15) is 5.69 Å². The first kappa shape index (κ1) is 14.1. The number of non-ortho nitro benzene ring substituents is 1. The average molecular weight is 287 g/mol. The summed E-state index contributed by atoms with van der Waals surface area (Å²) in [4.78, 5) is 24.1. The Morgan fingerprint density at radius 2 is 1.95 bits per heavy atom. The second-order valence-corrected chi connectivity index (χ2v) is 3.84. The Morgan fingerprint density at radius 3 is 2.57 bits per heavy atom. The molecule has 2 aromatic rings. The fraction of sp³-hybridized carbons (Fsp3) is 0. The Balaban J connectivity index is 2.22. The molecule has 106 valence electrons. The van der Waals surface area contributed by atoms with E-state index in [-0.39, 0.29) is 11.4 Å². The second-order valence-electron chi connectivity index (χ2n) is 3.84. The molecular formula is C12H9N5O4. The minimum absolute atomic E-state index is 0.0535. The Kier molecular flexibility index (Phi) is 4.14. The smallest absolute Gasteiger partial charge is 0.272 e. The zero-order valence-electron chi connectivity index (χ0n) is 10.5. The Hall–Kier alpha value is -3.36. The maximum Gasteiger partial charge on any atom is 0.301 e. The van der Waals surface area contributed by atoms with E-state index in [2.05, 4.69) is 15.5 Å². The van der Waals surface area contributed by atoms with Gasteiger partial charge in [0.25, 0.3) is 5.69 Å². The number of nitro groups is 2. The molecule has 0 bridgehead atoms. The summed E-state index contributed by atoms with van der Waals surface area (Å²) in [6, 6.07) is 8.47. The van der Waals surface area contributed by atoms with Gasteiger partial charge in [-0.3, -0.25) is 30.6 Å². The first-order valence-corrected chi connectivity index (χ1v) is 5.71. The summed E-state index contributed by atoms with van der Waals surface area (Å²) < 4.78 is 0. The van der Waals surface area contributed by atoms with Gasteiger partial charge in [0, 0.05) is 12.3 Å². The Morgan fingerprint density at radius 1 is 1.14 bits per heavy atom. The third-order valence-corrected chi connectivity index (χ3v) is 2.46. The van der Waals surface area contributed by atoms with Crippen LogP contribution < -0.4 is 5.43 Å². The van der Waals surface area contributed by atoms with Crippen molar-refractivity contribution >= 4 is 23.3 Å². The number of anilines is 1. The number of pyridine rings is 1. The molecule has 0 aliphatic carbocycles. The molecule has 0 atom stereocenters. The molecule has 0 aliphatic rings. The van der Waals surface area contributed by atoms with E-state index in [0.717, 1.165) is 12.1 Å². The molecule has 1 aromatic heterocycles. The lowest BCUT2D eigenvalue weighted by atomic mass is 10.2. The largest absolute Gasteiger partial charge is 0.301 e. The number of nitro benzene ring substituents is 2. The van der Waals surface area contributed by atoms with Crippen LogP contribution in [0.3, 0.4) is 0 Å². The fourth-order valence-corrected chi connectivity index (χ4v) is 1.50. The first-order chi connectivity index (χ1) is 10.1. The lowest BCUT2D eigenvalue weighted by Gasteiger charge is -2.01. The number of rotatable bonds is 5. The van der Waals surface area contributed by atoms with E-state index in [0.29, 0.717) is 5.69 Å². The highest BCUT2D eigenvalue weighted by Gasteiger charge is 2.18. The molecule has 9 nitrogen and oxygen atoms in total. The molecule has 2 rings (SSSR count). The number of hydrogen-bond donors (Lipinski definition) is 1. The zero-order chi connectivity index (χ0) is 15.2. The number of aromatic nitrogens is 1. The minimum atomic E-state index is -0.717. The van der Waals surface area contributed by atoms with Crippen LogP contribution >= 0.6 is 0 Å². The third kappa shape index (κ3) is 3.56. The number of nitrogens with one attached hydrogen (secondary N) is 1. The summed E-state index contributed by atoms with van der Waals surface area (Å²) in [6.45, 7) is 0. The predicted octanol–water partition coefficient (Wildman–Crippen LogP) is 2.34. The van der Waals surface area contributed by atoms with Gasteiger partial charge in [0.15, 0.2) is 0 Å². The highest BCUT2D eigenvalue weighted by atomic mass is 16.6. The maximum atomic E-state index is 10.9. The molecular weight excluding hydrogens is 278 g/mol. The van der Waals surface area contributed by atoms with Gasteiger partial charge < -0.3 is 0 Å². The minimum Gasteiger partial charge on any atom is -0.272 e. The molecule has 0 aliphatic heterocycles. The van der Waals surface area contributed by atoms with Crippen LogP contribution in [0.15, 0.2) is 47.7 Å². The van der Waals surface area contributed by atoms with Crippen LogP contribution in [0.5, 0.6) is 0 Å². The van der Waals surface area contributed by atoms with Crippen molar-refractivity contribution in [1.82, 2.24) is 4.98 Å². The molecule has 1 heterocycles. The van der Waals surface area contributed by atoms with Crippen molar-refractivity contribution in [3.63, 3.8) is 0 Å². The average Bonchev–Trinajstić information content (AvgIpc) is 2.48. The Bertz CT molecular complexity index is 702. The molecule has 21 heavy (non-hydrogen) atoms.